The highest BCUT2D eigenvalue weighted by Gasteiger charge is 2.21. The van der Waals surface area contributed by atoms with Crippen LogP contribution in [0.2, 0.25) is 0 Å². The highest BCUT2D eigenvalue weighted by molar-refractivity contribution is 5.81. The van der Waals surface area contributed by atoms with Crippen molar-refractivity contribution in [3.8, 4) is 0 Å². The molecule has 0 fully saturated rings. The third-order valence-electron chi connectivity index (χ3n) is 1.67. The van der Waals surface area contributed by atoms with Gasteiger partial charge in [0, 0.05) is 13.7 Å². The molecule has 0 aliphatic carbocycles. The molecule has 0 rings (SSSR count). The minimum absolute atomic E-state index is 0.0419. The van der Waals surface area contributed by atoms with E-state index in [1.807, 2.05) is 0 Å². The van der Waals surface area contributed by atoms with Gasteiger partial charge in [-0.3, -0.25) is 4.79 Å². The van der Waals surface area contributed by atoms with E-state index in [0.717, 1.165) is 0 Å². The highest BCUT2D eigenvalue weighted by Crippen LogP contribution is 1.98. The van der Waals surface area contributed by atoms with Gasteiger partial charge in [0.2, 0.25) is 5.91 Å². The maximum Gasteiger partial charge on any atom is 0.239 e. The molecular weight excluding hydrogens is 188 g/mol. The van der Waals surface area contributed by atoms with E-state index >= 15 is 0 Å². The van der Waals surface area contributed by atoms with E-state index in [9.17, 15) is 9.90 Å². The van der Waals surface area contributed by atoms with Gasteiger partial charge in [-0.05, 0) is 6.92 Å². The van der Waals surface area contributed by atoms with Crippen molar-refractivity contribution < 1.29 is 19.7 Å². The Labute approximate surface area is 83.0 Å². The number of amides is 1. The molecular formula is C8H18N2O4. The molecule has 2 unspecified atom stereocenters. The first-order chi connectivity index (χ1) is 6.43. The fraction of sp³-hybridized carbons (Fsp3) is 0.875. The largest absolute Gasteiger partial charge is 0.393 e. The van der Waals surface area contributed by atoms with Crippen molar-refractivity contribution in [2.75, 3.05) is 26.9 Å². The lowest BCUT2D eigenvalue weighted by Crippen LogP contribution is -2.49. The number of hydrogen-bond acceptors (Lipinski definition) is 5. The Morgan fingerprint density at radius 3 is 2.71 bits per heavy atom. The first-order valence-electron chi connectivity index (χ1n) is 4.28. The zero-order valence-electron chi connectivity index (χ0n) is 8.49. The van der Waals surface area contributed by atoms with Gasteiger partial charge in [-0.1, -0.05) is 0 Å². The van der Waals surface area contributed by atoms with Crippen molar-refractivity contribution in [2.45, 2.75) is 18.6 Å². The van der Waals surface area contributed by atoms with Crippen LogP contribution in [0.15, 0.2) is 0 Å². The van der Waals surface area contributed by atoms with Crippen LogP contribution in [0.25, 0.3) is 0 Å². The van der Waals surface area contributed by atoms with Crippen LogP contribution >= 0.6 is 0 Å². The Kier molecular flexibility index (Phi) is 5.63. The molecule has 84 valence electrons. The van der Waals surface area contributed by atoms with Crippen molar-refractivity contribution in [1.82, 2.24) is 5.32 Å². The molecule has 0 heterocycles. The molecule has 0 aromatic rings. The SMILES string of the molecule is COCC(N)C(=O)NCC(C)(O)CO. The van der Waals surface area contributed by atoms with Gasteiger partial charge in [0.05, 0.1) is 13.2 Å². The summed E-state index contributed by atoms with van der Waals surface area (Å²) in [7, 11) is 1.44. The van der Waals surface area contributed by atoms with E-state index in [2.05, 4.69) is 10.1 Å². The Bertz CT molecular complexity index is 184. The van der Waals surface area contributed by atoms with Crippen LogP contribution in [0, 0.1) is 0 Å². The smallest absolute Gasteiger partial charge is 0.239 e. The van der Waals surface area contributed by atoms with Crippen LogP contribution in [0.3, 0.4) is 0 Å². The Balaban J connectivity index is 3.84. The number of carbonyl (C=O) groups is 1. The third kappa shape index (κ3) is 5.13. The standard InChI is InChI=1S/C8H18N2O4/c1-8(13,5-11)4-10-7(12)6(9)3-14-2/h6,11,13H,3-5,9H2,1-2H3,(H,10,12). The van der Waals surface area contributed by atoms with Gasteiger partial charge in [0.1, 0.15) is 11.6 Å². The first-order valence-corrected chi connectivity index (χ1v) is 4.28. The van der Waals surface area contributed by atoms with Gasteiger partial charge < -0.3 is 26.0 Å². The summed E-state index contributed by atoms with van der Waals surface area (Å²) in [6.07, 6.45) is 0. The molecule has 1 amide bonds. The molecule has 5 N–H and O–H groups in total. The zero-order chi connectivity index (χ0) is 11.2. The number of carbonyl (C=O) groups excluding carboxylic acids is 1. The molecule has 0 aliphatic heterocycles. The van der Waals surface area contributed by atoms with Crippen molar-refractivity contribution in [1.29, 1.82) is 0 Å². The van der Waals surface area contributed by atoms with Crippen molar-refractivity contribution >= 4 is 5.91 Å². The van der Waals surface area contributed by atoms with Crippen molar-refractivity contribution in [3.05, 3.63) is 0 Å². The van der Waals surface area contributed by atoms with Gasteiger partial charge in [-0.15, -0.1) is 0 Å². The number of aliphatic hydroxyl groups excluding tert-OH is 1. The van der Waals surface area contributed by atoms with Crippen LogP contribution in [0.4, 0.5) is 0 Å². The number of aliphatic hydroxyl groups is 2. The second-order valence-corrected chi connectivity index (χ2v) is 3.43. The van der Waals surface area contributed by atoms with E-state index in [-0.39, 0.29) is 13.2 Å². The zero-order valence-corrected chi connectivity index (χ0v) is 8.49. The minimum atomic E-state index is -1.32. The summed E-state index contributed by atoms with van der Waals surface area (Å²) in [5, 5.41) is 20.4. The third-order valence-corrected chi connectivity index (χ3v) is 1.67. The fourth-order valence-electron chi connectivity index (χ4n) is 0.720. The van der Waals surface area contributed by atoms with E-state index in [4.69, 9.17) is 10.8 Å². The number of rotatable bonds is 6. The molecule has 0 saturated heterocycles. The molecule has 0 aliphatic rings. The van der Waals surface area contributed by atoms with E-state index < -0.39 is 24.2 Å². The Hall–Kier alpha value is -0.690. The molecule has 6 nitrogen and oxygen atoms in total. The lowest BCUT2D eigenvalue weighted by molar-refractivity contribution is -0.124. The molecule has 14 heavy (non-hydrogen) atoms. The van der Waals surface area contributed by atoms with Crippen molar-refractivity contribution in [3.63, 3.8) is 0 Å². The Morgan fingerprint density at radius 1 is 1.71 bits per heavy atom. The van der Waals surface area contributed by atoms with Crippen LogP contribution in [0.1, 0.15) is 6.92 Å². The van der Waals surface area contributed by atoms with Gasteiger partial charge in [0.15, 0.2) is 0 Å². The van der Waals surface area contributed by atoms with Gasteiger partial charge in [-0.2, -0.15) is 0 Å². The lowest BCUT2D eigenvalue weighted by atomic mass is 10.1. The second kappa shape index (κ2) is 5.92. The summed E-state index contributed by atoms with van der Waals surface area (Å²) < 4.78 is 4.69. The summed E-state index contributed by atoms with van der Waals surface area (Å²) >= 11 is 0. The number of hydrogen-bond donors (Lipinski definition) is 4. The van der Waals surface area contributed by atoms with Crippen LogP contribution < -0.4 is 11.1 Å². The predicted molar refractivity (Wildman–Crippen MR) is 50.6 cm³/mol. The van der Waals surface area contributed by atoms with E-state index in [1.165, 1.54) is 14.0 Å². The topological polar surface area (TPSA) is 105 Å². The molecule has 0 bridgehead atoms. The van der Waals surface area contributed by atoms with Gasteiger partial charge in [0.25, 0.3) is 0 Å². The normalized spacial score (nSPS) is 17.2. The quantitative estimate of drug-likeness (QED) is 0.395. The fourth-order valence-corrected chi connectivity index (χ4v) is 0.720. The second-order valence-electron chi connectivity index (χ2n) is 3.43. The maximum absolute atomic E-state index is 11.2. The summed E-state index contributed by atoms with van der Waals surface area (Å²) in [6.45, 7) is 1.06. The summed E-state index contributed by atoms with van der Waals surface area (Å²) in [5.41, 5.74) is 4.10. The minimum Gasteiger partial charge on any atom is -0.393 e. The average Bonchev–Trinajstić information content (AvgIpc) is 2.15. The van der Waals surface area contributed by atoms with Crippen molar-refractivity contribution in [2.24, 2.45) is 5.73 Å². The van der Waals surface area contributed by atoms with Gasteiger partial charge in [-0.25, -0.2) is 0 Å². The summed E-state index contributed by atoms with van der Waals surface area (Å²) in [6, 6.07) is -0.755. The Morgan fingerprint density at radius 2 is 2.29 bits per heavy atom. The molecule has 0 saturated carbocycles. The molecule has 0 aromatic heterocycles. The van der Waals surface area contributed by atoms with Crippen LogP contribution in [0.5, 0.6) is 0 Å². The number of methoxy groups -OCH3 is 1. The molecule has 0 spiro atoms. The van der Waals surface area contributed by atoms with E-state index in [1.54, 1.807) is 0 Å². The molecule has 2 atom stereocenters. The van der Waals surface area contributed by atoms with Crippen LogP contribution in [-0.2, 0) is 9.53 Å². The number of nitrogens with two attached hydrogens (primary N) is 1. The molecule has 0 aromatic carbocycles. The highest BCUT2D eigenvalue weighted by atomic mass is 16.5. The molecule has 0 radical (unpaired) electrons. The first kappa shape index (κ1) is 13.3. The molecule has 6 heteroatoms. The number of nitrogens with one attached hydrogen (secondary N) is 1. The summed E-state index contributed by atoms with van der Waals surface area (Å²) in [4.78, 5) is 11.2. The average molecular weight is 206 g/mol. The predicted octanol–water partition coefficient (Wildman–Crippen LogP) is -2.18. The van der Waals surface area contributed by atoms with E-state index in [0.29, 0.717) is 0 Å². The monoisotopic (exact) mass is 206 g/mol. The van der Waals surface area contributed by atoms with Gasteiger partial charge >= 0.3 is 0 Å². The maximum atomic E-state index is 11.2. The number of ether oxygens (including phenoxy) is 1. The summed E-state index contributed by atoms with van der Waals surface area (Å²) in [5.74, 6) is -0.416. The van der Waals surface area contributed by atoms with Crippen LogP contribution in [-0.4, -0.2) is 54.6 Å². The lowest BCUT2D eigenvalue weighted by Gasteiger charge is -2.21.